The van der Waals surface area contributed by atoms with Gasteiger partial charge in [0.25, 0.3) is 0 Å². The van der Waals surface area contributed by atoms with Crippen molar-refractivity contribution in [1.29, 1.82) is 0 Å². The van der Waals surface area contributed by atoms with Crippen LogP contribution in [0.5, 0.6) is 5.75 Å². The van der Waals surface area contributed by atoms with E-state index in [-0.39, 0.29) is 12.0 Å². The Bertz CT molecular complexity index is 626. The number of halogens is 1. The minimum absolute atomic E-state index is 0.0275. The molecule has 1 aliphatic rings. The van der Waals surface area contributed by atoms with Crippen molar-refractivity contribution in [3.05, 3.63) is 45.1 Å². The third-order valence-electron chi connectivity index (χ3n) is 2.99. The Morgan fingerprint density at radius 2 is 2.33 bits per heavy atom. The van der Waals surface area contributed by atoms with E-state index < -0.39 is 0 Å². The number of amides is 1. The molecule has 0 aliphatic carbocycles. The summed E-state index contributed by atoms with van der Waals surface area (Å²) in [7, 11) is 0. The molecule has 0 radical (unpaired) electrons. The number of benzene rings is 1. The van der Waals surface area contributed by atoms with E-state index in [1.807, 2.05) is 35.0 Å². The lowest BCUT2D eigenvalue weighted by molar-refractivity contribution is -0.115. The molecule has 1 aromatic heterocycles. The molecule has 6 heteroatoms. The fourth-order valence-corrected chi connectivity index (χ4v) is 2.99. The minimum Gasteiger partial charge on any atom is -0.490 e. The van der Waals surface area contributed by atoms with Gasteiger partial charge in [0.2, 0.25) is 5.91 Å². The number of epoxide rings is 1. The summed E-state index contributed by atoms with van der Waals surface area (Å²) < 4.78 is 11.5. The van der Waals surface area contributed by atoms with Crippen LogP contribution in [0.15, 0.2) is 39.5 Å². The Balaban J connectivity index is 1.57. The highest BCUT2D eigenvalue weighted by atomic mass is 79.9. The van der Waals surface area contributed by atoms with Gasteiger partial charge in [0.1, 0.15) is 18.5 Å². The predicted octanol–water partition coefficient (Wildman–Crippen LogP) is 3.47. The van der Waals surface area contributed by atoms with Gasteiger partial charge in [0, 0.05) is 5.69 Å². The van der Waals surface area contributed by atoms with E-state index in [0.29, 0.717) is 13.0 Å². The van der Waals surface area contributed by atoms with Gasteiger partial charge in [0.15, 0.2) is 0 Å². The largest absolute Gasteiger partial charge is 0.490 e. The number of rotatable bonds is 6. The molecule has 3 rings (SSSR count). The van der Waals surface area contributed by atoms with Gasteiger partial charge in [-0.1, -0.05) is 0 Å². The van der Waals surface area contributed by atoms with Gasteiger partial charge < -0.3 is 14.8 Å². The zero-order valence-electron chi connectivity index (χ0n) is 11.2. The van der Waals surface area contributed by atoms with Crippen LogP contribution in [0.1, 0.15) is 5.56 Å². The smallest absolute Gasteiger partial charge is 0.228 e. The predicted molar refractivity (Wildman–Crippen MR) is 86.0 cm³/mol. The standard InChI is InChI=1S/C15H14BrNO3S/c16-13-6-11(1-2-14(13)20-8-12-7-19-12)17-15(18)5-10-3-4-21-9-10/h1-4,6,9,12H,5,7-8H2,(H,17,18). The number of hydrogen-bond donors (Lipinski definition) is 1. The number of thiophene rings is 1. The molecule has 1 atom stereocenters. The first-order valence-electron chi connectivity index (χ1n) is 6.55. The molecule has 0 spiro atoms. The molecule has 0 bridgehead atoms. The second-order valence-corrected chi connectivity index (χ2v) is 6.40. The van der Waals surface area contributed by atoms with Crippen molar-refractivity contribution in [3.8, 4) is 5.75 Å². The van der Waals surface area contributed by atoms with Crippen molar-refractivity contribution in [2.75, 3.05) is 18.5 Å². The van der Waals surface area contributed by atoms with Crippen LogP contribution in [0.25, 0.3) is 0 Å². The lowest BCUT2D eigenvalue weighted by atomic mass is 10.2. The van der Waals surface area contributed by atoms with E-state index >= 15 is 0 Å². The number of hydrogen-bond acceptors (Lipinski definition) is 4. The molecular formula is C15H14BrNO3S. The summed E-state index contributed by atoms with van der Waals surface area (Å²) in [5.74, 6) is 0.724. The van der Waals surface area contributed by atoms with Crippen LogP contribution in [-0.4, -0.2) is 25.2 Å². The third-order valence-corrected chi connectivity index (χ3v) is 4.34. The van der Waals surface area contributed by atoms with Crippen molar-refractivity contribution in [1.82, 2.24) is 0 Å². The van der Waals surface area contributed by atoms with Crippen LogP contribution in [0, 0.1) is 0 Å². The van der Waals surface area contributed by atoms with Gasteiger partial charge in [-0.05, 0) is 56.5 Å². The lowest BCUT2D eigenvalue weighted by Gasteiger charge is -2.09. The molecule has 2 heterocycles. The molecule has 0 saturated carbocycles. The molecule has 1 unspecified atom stereocenters. The van der Waals surface area contributed by atoms with E-state index in [4.69, 9.17) is 9.47 Å². The highest BCUT2D eigenvalue weighted by Gasteiger charge is 2.23. The van der Waals surface area contributed by atoms with Gasteiger partial charge in [-0.15, -0.1) is 0 Å². The summed E-state index contributed by atoms with van der Waals surface area (Å²) >= 11 is 5.04. The second kappa shape index (κ2) is 6.60. The Morgan fingerprint density at radius 1 is 1.48 bits per heavy atom. The van der Waals surface area contributed by atoms with Gasteiger partial charge in [0.05, 0.1) is 17.5 Å². The third kappa shape index (κ3) is 4.30. The van der Waals surface area contributed by atoms with Crippen molar-refractivity contribution >= 4 is 38.9 Å². The summed E-state index contributed by atoms with van der Waals surface area (Å²) in [6.07, 6.45) is 0.611. The number of anilines is 1. The SMILES string of the molecule is O=C(Cc1ccsc1)Nc1ccc(OCC2CO2)c(Br)c1. The van der Waals surface area contributed by atoms with Gasteiger partial charge >= 0.3 is 0 Å². The van der Waals surface area contributed by atoms with E-state index in [1.54, 1.807) is 11.3 Å². The maximum atomic E-state index is 11.9. The number of ether oxygens (including phenoxy) is 2. The summed E-state index contributed by atoms with van der Waals surface area (Å²) in [6, 6.07) is 7.47. The van der Waals surface area contributed by atoms with Gasteiger partial charge in [-0.25, -0.2) is 0 Å². The summed E-state index contributed by atoms with van der Waals surface area (Å²) in [5, 5.41) is 6.83. The first-order valence-corrected chi connectivity index (χ1v) is 8.29. The molecular weight excluding hydrogens is 354 g/mol. The van der Waals surface area contributed by atoms with Crippen LogP contribution in [0.2, 0.25) is 0 Å². The normalized spacial score (nSPS) is 16.5. The van der Waals surface area contributed by atoms with Crippen LogP contribution < -0.4 is 10.1 Å². The monoisotopic (exact) mass is 367 g/mol. The molecule has 1 aliphatic heterocycles. The van der Waals surface area contributed by atoms with Crippen molar-refractivity contribution < 1.29 is 14.3 Å². The molecule has 1 saturated heterocycles. The van der Waals surface area contributed by atoms with E-state index in [0.717, 1.165) is 28.1 Å². The summed E-state index contributed by atoms with van der Waals surface area (Å²) in [4.78, 5) is 11.9. The highest BCUT2D eigenvalue weighted by molar-refractivity contribution is 9.10. The quantitative estimate of drug-likeness (QED) is 0.795. The maximum absolute atomic E-state index is 11.9. The lowest BCUT2D eigenvalue weighted by Crippen LogP contribution is -2.14. The summed E-state index contributed by atoms with van der Waals surface area (Å²) in [6.45, 7) is 1.33. The molecule has 110 valence electrons. The molecule has 21 heavy (non-hydrogen) atoms. The Kier molecular flexibility index (Phi) is 4.57. The minimum atomic E-state index is -0.0275. The topological polar surface area (TPSA) is 50.9 Å². The molecule has 1 fully saturated rings. The van der Waals surface area contributed by atoms with Crippen molar-refractivity contribution in [3.63, 3.8) is 0 Å². The van der Waals surface area contributed by atoms with E-state index in [2.05, 4.69) is 21.2 Å². The average Bonchev–Trinajstić information content (AvgIpc) is 3.14. The fraction of sp³-hybridized carbons (Fsp3) is 0.267. The first kappa shape index (κ1) is 14.6. The maximum Gasteiger partial charge on any atom is 0.228 e. The fourth-order valence-electron chi connectivity index (χ4n) is 1.83. The van der Waals surface area contributed by atoms with Crippen LogP contribution >= 0.6 is 27.3 Å². The average molecular weight is 368 g/mol. The molecule has 2 aromatic rings. The van der Waals surface area contributed by atoms with E-state index in [1.165, 1.54) is 0 Å². The van der Waals surface area contributed by atoms with Crippen molar-refractivity contribution in [2.45, 2.75) is 12.5 Å². The summed E-state index contributed by atoms with van der Waals surface area (Å²) in [5.41, 5.74) is 1.78. The molecule has 1 aromatic carbocycles. The number of carbonyl (C=O) groups is 1. The zero-order valence-corrected chi connectivity index (χ0v) is 13.6. The number of carbonyl (C=O) groups excluding carboxylic acids is 1. The Hall–Kier alpha value is -1.37. The Labute approximate surface area is 135 Å². The van der Waals surface area contributed by atoms with E-state index in [9.17, 15) is 4.79 Å². The van der Waals surface area contributed by atoms with Gasteiger partial charge in [-0.2, -0.15) is 11.3 Å². The van der Waals surface area contributed by atoms with Gasteiger partial charge in [-0.3, -0.25) is 4.79 Å². The molecule has 4 nitrogen and oxygen atoms in total. The van der Waals surface area contributed by atoms with Crippen LogP contribution in [0.4, 0.5) is 5.69 Å². The first-order chi connectivity index (χ1) is 10.2. The molecule has 1 amide bonds. The Morgan fingerprint density at radius 3 is 3.00 bits per heavy atom. The molecule has 1 N–H and O–H groups in total. The van der Waals surface area contributed by atoms with Crippen LogP contribution in [-0.2, 0) is 16.0 Å². The van der Waals surface area contributed by atoms with Crippen molar-refractivity contribution in [2.24, 2.45) is 0 Å². The second-order valence-electron chi connectivity index (χ2n) is 4.77. The highest BCUT2D eigenvalue weighted by Crippen LogP contribution is 2.29. The zero-order chi connectivity index (χ0) is 14.7. The number of nitrogens with one attached hydrogen (secondary N) is 1. The van der Waals surface area contributed by atoms with Crippen LogP contribution in [0.3, 0.4) is 0 Å².